The highest BCUT2D eigenvalue weighted by Crippen LogP contribution is 2.22. The number of hydrogen-bond donors (Lipinski definition) is 0. The Labute approximate surface area is 171 Å². The summed E-state index contributed by atoms with van der Waals surface area (Å²) in [6.45, 7) is 0. The zero-order chi connectivity index (χ0) is 20.1. The van der Waals surface area contributed by atoms with Gasteiger partial charge < -0.3 is 0 Å². The highest BCUT2D eigenvalue weighted by molar-refractivity contribution is 8.07. The third-order valence-electron chi connectivity index (χ3n) is 4.66. The van der Waals surface area contributed by atoms with Gasteiger partial charge in [-0.15, -0.1) is 0 Å². The number of Topliss-reactive ketones (excluding diaryl/α,β-unsaturated/α-hetero) is 1. The highest BCUT2D eigenvalue weighted by Gasteiger charge is 2.34. The van der Waals surface area contributed by atoms with E-state index in [1.807, 2.05) is 84.9 Å². The normalized spacial score (nSPS) is 12.6. The van der Waals surface area contributed by atoms with Crippen molar-refractivity contribution in [2.75, 3.05) is 5.75 Å². The largest absolute Gasteiger partial charge is 0.289 e. The van der Waals surface area contributed by atoms with E-state index in [1.54, 1.807) is 18.2 Å². The lowest BCUT2D eigenvalue weighted by atomic mass is 10.1. The molecule has 1 unspecified atom stereocenters. The molecule has 140 valence electrons. The van der Waals surface area contributed by atoms with Crippen molar-refractivity contribution in [1.29, 1.82) is 0 Å². The van der Waals surface area contributed by atoms with Gasteiger partial charge in [0.1, 0.15) is 0 Å². The topological polar surface area (TPSA) is 34.1 Å². The minimum absolute atomic E-state index is 0.144. The third-order valence-corrected chi connectivity index (χ3v) is 6.80. The van der Waals surface area contributed by atoms with Crippen molar-refractivity contribution in [3.05, 3.63) is 114 Å². The van der Waals surface area contributed by atoms with Crippen LogP contribution in [0.4, 0.5) is 0 Å². The fourth-order valence-electron chi connectivity index (χ4n) is 3.11. The van der Waals surface area contributed by atoms with Crippen LogP contribution >= 0.6 is 0 Å². The van der Waals surface area contributed by atoms with E-state index in [0.29, 0.717) is 10.5 Å². The molecule has 1 atom stereocenters. The molecular formula is C26H19O2S+. The second-order valence-corrected chi connectivity index (χ2v) is 9.03. The van der Waals surface area contributed by atoms with Gasteiger partial charge in [0.15, 0.2) is 15.9 Å². The lowest BCUT2D eigenvalue weighted by molar-refractivity contribution is 0.102. The number of carbonyl (C=O) groups excluding carboxylic acids is 1. The molecule has 4 rings (SSSR count). The van der Waals surface area contributed by atoms with E-state index in [0.717, 1.165) is 16.3 Å². The van der Waals surface area contributed by atoms with E-state index in [9.17, 15) is 9.00 Å². The number of ketones is 1. The van der Waals surface area contributed by atoms with Gasteiger partial charge in [-0.05, 0) is 47.0 Å². The summed E-state index contributed by atoms with van der Waals surface area (Å²) in [7, 11) is -2.88. The Hall–Kier alpha value is -3.48. The molecule has 0 heterocycles. The third kappa shape index (κ3) is 4.34. The Morgan fingerprint density at radius 3 is 2.07 bits per heavy atom. The van der Waals surface area contributed by atoms with Gasteiger partial charge >= 0.3 is 0 Å². The van der Waals surface area contributed by atoms with E-state index < -0.39 is 9.93 Å². The minimum atomic E-state index is -2.88. The van der Waals surface area contributed by atoms with Gasteiger partial charge in [-0.25, -0.2) is 0 Å². The van der Waals surface area contributed by atoms with Gasteiger partial charge in [-0.3, -0.25) is 4.79 Å². The standard InChI is InChI=1S/C26H19O2S/c27-26(24-16-15-22-11-7-8-12-23(22)19-24)20-29(28,25-13-5-2-6-14-25)18-17-21-9-3-1-4-10-21/h1-16,19H,20H2/q+1. The zero-order valence-electron chi connectivity index (χ0n) is 15.7. The Kier molecular flexibility index (Phi) is 5.37. The van der Waals surface area contributed by atoms with Crippen LogP contribution in [-0.4, -0.2) is 11.5 Å². The van der Waals surface area contributed by atoms with Crippen LogP contribution in [0.3, 0.4) is 0 Å². The number of fused-ring (bicyclic) bond motifs is 1. The van der Waals surface area contributed by atoms with Crippen LogP contribution in [0.15, 0.2) is 108 Å². The summed E-state index contributed by atoms with van der Waals surface area (Å²) >= 11 is 0. The van der Waals surface area contributed by atoms with Crippen molar-refractivity contribution in [3.8, 4) is 11.2 Å². The van der Waals surface area contributed by atoms with Gasteiger partial charge in [0, 0.05) is 11.1 Å². The second-order valence-electron chi connectivity index (χ2n) is 6.71. The Morgan fingerprint density at radius 1 is 0.724 bits per heavy atom. The maximum Gasteiger partial charge on any atom is 0.213 e. The molecule has 2 nitrogen and oxygen atoms in total. The van der Waals surface area contributed by atoms with Crippen LogP contribution in [0.1, 0.15) is 15.9 Å². The molecule has 0 amide bonds. The summed E-state index contributed by atoms with van der Waals surface area (Å²) in [6.07, 6.45) is 0. The van der Waals surface area contributed by atoms with E-state index in [4.69, 9.17) is 0 Å². The number of hydrogen-bond acceptors (Lipinski definition) is 2. The van der Waals surface area contributed by atoms with Crippen LogP contribution in [0.25, 0.3) is 10.8 Å². The van der Waals surface area contributed by atoms with Crippen LogP contribution in [0, 0.1) is 11.2 Å². The second kappa shape index (κ2) is 8.26. The van der Waals surface area contributed by atoms with Crippen molar-refractivity contribution >= 4 is 26.5 Å². The fourth-order valence-corrected chi connectivity index (χ4v) is 4.88. The first-order valence-electron chi connectivity index (χ1n) is 9.31. The lowest BCUT2D eigenvalue weighted by Gasteiger charge is -2.06. The highest BCUT2D eigenvalue weighted by atomic mass is 32.2. The van der Waals surface area contributed by atoms with Crippen molar-refractivity contribution < 1.29 is 9.00 Å². The van der Waals surface area contributed by atoms with Crippen LogP contribution in [-0.2, 0) is 14.1 Å². The van der Waals surface area contributed by atoms with Crippen molar-refractivity contribution in [2.45, 2.75) is 4.90 Å². The molecule has 0 spiro atoms. The average molecular weight is 396 g/mol. The van der Waals surface area contributed by atoms with Gasteiger partial charge in [0.25, 0.3) is 0 Å². The molecule has 0 aliphatic rings. The first-order valence-corrected chi connectivity index (χ1v) is 11.0. The Balaban J connectivity index is 1.70. The van der Waals surface area contributed by atoms with Crippen molar-refractivity contribution in [2.24, 2.45) is 0 Å². The van der Waals surface area contributed by atoms with Gasteiger partial charge in [-0.1, -0.05) is 77.0 Å². The predicted molar refractivity (Wildman–Crippen MR) is 119 cm³/mol. The summed E-state index contributed by atoms with van der Waals surface area (Å²) in [5.41, 5.74) is 1.32. The molecule has 3 heteroatoms. The molecule has 0 aromatic heterocycles. The fraction of sp³-hybridized carbons (Fsp3) is 0.0385. The number of carbonyl (C=O) groups is 1. The van der Waals surface area contributed by atoms with Gasteiger partial charge in [0.05, 0.1) is 0 Å². The summed E-state index contributed by atoms with van der Waals surface area (Å²) in [4.78, 5) is 13.6. The summed E-state index contributed by atoms with van der Waals surface area (Å²) in [5, 5.41) is 4.98. The summed E-state index contributed by atoms with van der Waals surface area (Å²) in [6, 6.07) is 31.9. The monoisotopic (exact) mass is 395 g/mol. The lowest BCUT2D eigenvalue weighted by Crippen LogP contribution is -2.21. The smallest absolute Gasteiger partial charge is 0.213 e. The Bertz CT molecular complexity index is 1270. The van der Waals surface area contributed by atoms with E-state index in [2.05, 4.69) is 11.2 Å². The Morgan fingerprint density at radius 2 is 1.34 bits per heavy atom. The molecule has 0 radical (unpaired) electrons. The predicted octanol–water partition coefficient (Wildman–Crippen LogP) is 5.59. The average Bonchev–Trinajstić information content (AvgIpc) is 2.78. The molecule has 4 aromatic carbocycles. The SMILES string of the molecule is O=C(C[S+](=O)(C#Cc1ccccc1)c1ccccc1)c1ccc2ccccc2c1. The summed E-state index contributed by atoms with van der Waals surface area (Å²) in [5.74, 6) is 2.67. The van der Waals surface area contributed by atoms with E-state index in [-0.39, 0.29) is 11.5 Å². The van der Waals surface area contributed by atoms with Crippen molar-refractivity contribution in [1.82, 2.24) is 0 Å². The molecular weight excluding hydrogens is 376 g/mol. The first-order chi connectivity index (χ1) is 14.1. The quantitative estimate of drug-likeness (QED) is 0.256. The molecule has 4 aromatic rings. The molecule has 0 fully saturated rings. The molecule has 29 heavy (non-hydrogen) atoms. The van der Waals surface area contributed by atoms with E-state index >= 15 is 0 Å². The summed E-state index contributed by atoms with van der Waals surface area (Å²) < 4.78 is 13.8. The molecule has 0 N–H and O–H groups in total. The van der Waals surface area contributed by atoms with Crippen LogP contribution in [0.5, 0.6) is 0 Å². The zero-order valence-corrected chi connectivity index (χ0v) is 16.6. The maximum absolute atomic E-state index is 13.8. The molecule has 0 bridgehead atoms. The number of rotatable bonds is 4. The van der Waals surface area contributed by atoms with E-state index in [1.165, 1.54) is 0 Å². The van der Waals surface area contributed by atoms with Crippen LogP contribution in [0.2, 0.25) is 0 Å². The first kappa shape index (κ1) is 18.9. The number of benzene rings is 4. The maximum atomic E-state index is 13.8. The molecule has 0 saturated carbocycles. The molecule has 0 aliphatic carbocycles. The molecule has 0 saturated heterocycles. The van der Waals surface area contributed by atoms with Crippen LogP contribution < -0.4 is 0 Å². The van der Waals surface area contributed by atoms with Crippen molar-refractivity contribution in [3.63, 3.8) is 0 Å². The van der Waals surface area contributed by atoms with Gasteiger partial charge in [0.2, 0.25) is 15.7 Å². The molecule has 0 aliphatic heterocycles. The van der Waals surface area contributed by atoms with Gasteiger partial charge in [-0.2, -0.15) is 0 Å². The minimum Gasteiger partial charge on any atom is -0.289 e.